The molecular weight excluding hydrogens is 339 g/mol. The summed E-state index contributed by atoms with van der Waals surface area (Å²) in [6.45, 7) is 0.711. The van der Waals surface area contributed by atoms with Gasteiger partial charge in [0.05, 0.1) is 17.5 Å². The van der Waals surface area contributed by atoms with Crippen LogP contribution in [0.15, 0.2) is 58.0 Å². The predicted molar refractivity (Wildman–Crippen MR) is 86.8 cm³/mol. The molecule has 1 unspecified atom stereocenters. The standard InChI is InChI=1S/C15H12BrFN2S/c16-11-7-4-8-12(17)14(11)19-15-18-9-13(20-15)10-5-2-1-3-6-10/h1-8,13H,9H2,(H,18,19). The Balaban J connectivity index is 1.72. The minimum absolute atomic E-state index is 0.286. The smallest absolute Gasteiger partial charge is 0.161 e. The van der Waals surface area contributed by atoms with Gasteiger partial charge in [-0.1, -0.05) is 48.2 Å². The molecular formula is C15H12BrFN2S. The largest absolute Gasteiger partial charge is 0.332 e. The molecule has 0 aromatic heterocycles. The van der Waals surface area contributed by atoms with Gasteiger partial charge < -0.3 is 5.32 Å². The van der Waals surface area contributed by atoms with Crippen molar-refractivity contribution in [3.63, 3.8) is 0 Å². The third-order valence-electron chi connectivity index (χ3n) is 3.02. The van der Waals surface area contributed by atoms with E-state index in [2.05, 4.69) is 38.4 Å². The highest BCUT2D eigenvalue weighted by Crippen LogP contribution is 2.36. The lowest BCUT2D eigenvalue weighted by molar-refractivity contribution is 0.631. The molecule has 2 aromatic carbocycles. The van der Waals surface area contributed by atoms with Crippen molar-refractivity contribution >= 4 is 38.5 Å². The Bertz CT molecular complexity index is 625. The number of thioether (sulfide) groups is 1. The molecule has 0 aliphatic carbocycles. The van der Waals surface area contributed by atoms with Crippen molar-refractivity contribution in [3.05, 3.63) is 64.4 Å². The van der Waals surface area contributed by atoms with Gasteiger partial charge in [0.15, 0.2) is 5.17 Å². The molecule has 0 saturated carbocycles. The van der Waals surface area contributed by atoms with E-state index < -0.39 is 0 Å². The van der Waals surface area contributed by atoms with Crippen LogP contribution in [-0.2, 0) is 0 Å². The summed E-state index contributed by atoms with van der Waals surface area (Å²) in [7, 11) is 0. The number of hydrogen-bond acceptors (Lipinski definition) is 3. The van der Waals surface area contributed by atoms with Gasteiger partial charge in [-0.25, -0.2) is 4.39 Å². The van der Waals surface area contributed by atoms with Gasteiger partial charge in [-0.05, 0) is 33.6 Å². The fourth-order valence-electron chi connectivity index (χ4n) is 2.01. The molecule has 2 nitrogen and oxygen atoms in total. The summed E-state index contributed by atoms with van der Waals surface area (Å²) in [4.78, 5) is 4.45. The first-order valence-electron chi connectivity index (χ1n) is 6.21. The fourth-order valence-corrected chi connectivity index (χ4v) is 3.47. The Morgan fingerprint density at radius 1 is 1.15 bits per heavy atom. The number of hydrogen-bond donors (Lipinski definition) is 1. The number of nitrogens with one attached hydrogen (secondary N) is 1. The number of halogens is 2. The van der Waals surface area contributed by atoms with E-state index in [-0.39, 0.29) is 5.82 Å². The summed E-state index contributed by atoms with van der Waals surface area (Å²) in [6.07, 6.45) is 0. The molecule has 3 rings (SSSR count). The third kappa shape index (κ3) is 2.88. The van der Waals surface area contributed by atoms with E-state index in [1.807, 2.05) is 18.2 Å². The van der Waals surface area contributed by atoms with Crippen molar-refractivity contribution in [1.29, 1.82) is 0 Å². The SMILES string of the molecule is Fc1cccc(Br)c1NC1=NCC(c2ccccc2)S1. The minimum Gasteiger partial charge on any atom is -0.332 e. The van der Waals surface area contributed by atoms with Gasteiger partial charge in [0.1, 0.15) is 5.82 Å². The molecule has 2 aromatic rings. The van der Waals surface area contributed by atoms with Gasteiger partial charge in [0, 0.05) is 4.47 Å². The molecule has 1 atom stereocenters. The van der Waals surface area contributed by atoms with E-state index in [9.17, 15) is 4.39 Å². The maximum absolute atomic E-state index is 13.8. The van der Waals surface area contributed by atoms with Crippen LogP contribution < -0.4 is 5.32 Å². The number of para-hydroxylation sites is 1. The highest BCUT2D eigenvalue weighted by molar-refractivity contribution is 9.10. The first-order valence-corrected chi connectivity index (χ1v) is 7.88. The molecule has 102 valence electrons. The van der Waals surface area contributed by atoms with Crippen LogP contribution in [-0.4, -0.2) is 11.7 Å². The van der Waals surface area contributed by atoms with Crippen LogP contribution in [0.4, 0.5) is 10.1 Å². The maximum atomic E-state index is 13.8. The molecule has 1 aliphatic heterocycles. The van der Waals surface area contributed by atoms with Crippen LogP contribution in [0.3, 0.4) is 0 Å². The van der Waals surface area contributed by atoms with Crippen LogP contribution >= 0.6 is 27.7 Å². The molecule has 5 heteroatoms. The first-order chi connectivity index (χ1) is 9.74. The number of aliphatic imine (C=N–C) groups is 1. The van der Waals surface area contributed by atoms with E-state index in [1.54, 1.807) is 23.9 Å². The topological polar surface area (TPSA) is 24.4 Å². The van der Waals surface area contributed by atoms with Crippen LogP contribution in [0.5, 0.6) is 0 Å². The van der Waals surface area contributed by atoms with Crippen molar-refractivity contribution in [2.45, 2.75) is 5.25 Å². The zero-order valence-corrected chi connectivity index (χ0v) is 12.9. The monoisotopic (exact) mass is 350 g/mol. The van der Waals surface area contributed by atoms with Crippen LogP contribution in [0, 0.1) is 5.82 Å². The number of rotatable bonds is 2. The molecule has 0 radical (unpaired) electrons. The minimum atomic E-state index is -0.286. The highest BCUT2D eigenvalue weighted by atomic mass is 79.9. The summed E-state index contributed by atoms with van der Waals surface area (Å²) >= 11 is 4.98. The zero-order chi connectivity index (χ0) is 13.9. The summed E-state index contributed by atoms with van der Waals surface area (Å²) in [5.74, 6) is -0.286. The fraction of sp³-hybridized carbons (Fsp3) is 0.133. The maximum Gasteiger partial charge on any atom is 0.161 e. The second kappa shape index (κ2) is 5.97. The van der Waals surface area contributed by atoms with E-state index >= 15 is 0 Å². The van der Waals surface area contributed by atoms with E-state index in [4.69, 9.17) is 0 Å². The molecule has 1 aliphatic rings. The molecule has 0 fully saturated rings. The lowest BCUT2D eigenvalue weighted by Crippen LogP contribution is -2.07. The van der Waals surface area contributed by atoms with Crippen LogP contribution in [0.2, 0.25) is 0 Å². The van der Waals surface area contributed by atoms with E-state index in [1.165, 1.54) is 11.6 Å². The van der Waals surface area contributed by atoms with Crippen LogP contribution in [0.25, 0.3) is 0 Å². The quantitative estimate of drug-likeness (QED) is 0.837. The van der Waals surface area contributed by atoms with Crippen molar-refractivity contribution < 1.29 is 4.39 Å². The highest BCUT2D eigenvalue weighted by Gasteiger charge is 2.22. The average molecular weight is 351 g/mol. The Morgan fingerprint density at radius 2 is 1.95 bits per heavy atom. The second-order valence-electron chi connectivity index (χ2n) is 4.38. The van der Waals surface area contributed by atoms with Crippen molar-refractivity contribution in [2.75, 3.05) is 11.9 Å². The summed E-state index contributed by atoms with van der Waals surface area (Å²) in [5.41, 5.74) is 1.68. The Morgan fingerprint density at radius 3 is 2.70 bits per heavy atom. The van der Waals surface area contributed by atoms with Gasteiger partial charge in [0.2, 0.25) is 0 Å². The summed E-state index contributed by atoms with van der Waals surface area (Å²) in [5, 5.41) is 4.12. The molecule has 20 heavy (non-hydrogen) atoms. The first kappa shape index (κ1) is 13.6. The number of amidine groups is 1. The summed E-state index contributed by atoms with van der Waals surface area (Å²) in [6, 6.07) is 15.1. The van der Waals surface area contributed by atoms with Gasteiger partial charge in [-0.2, -0.15) is 0 Å². The molecule has 0 saturated heterocycles. The molecule has 0 spiro atoms. The zero-order valence-electron chi connectivity index (χ0n) is 10.5. The third-order valence-corrected chi connectivity index (χ3v) is 4.84. The molecule has 0 bridgehead atoms. The Hall–Kier alpha value is -1.33. The van der Waals surface area contributed by atoms with Gasteiger partial charge >= 0.3 is 0 Å². The number of anilines is 1. The normalized spacial score (nSPS) is 17.9. The van der Waals surface area contributed by atoms with E-state index in [0.29, 0.717) is 22.0 Å². The van der Waals surface area contributed by atoms with Crippen molar-refractivity contribution in [3.8, 4) is 0 Å². The Labute approximate surface area is 129 Å². The lowest BCUT2D eigenvalue weighted by atomic mass is 10.1. The molecule has 0 amide bonds. The van der Waals surface area contributed by atoms with Crippen molar-refractivity contribution in [1.82, 2.24) is 0 Å². The van der Waals surface area contributed by atoms with E-state index in [0.717, 1.165) is 5.17 Å². The van der Waals surface area contributed by atoms with Crippen molar-refractivity contribution in [2.24, 2.45) is 4.99 Å². The average Bonchev–Trinajstić information content (AvgIpc) is 2.93. The predicted octanol–water partition coefficient (Wildman–Crippen LogP) is 4.84. The van der Waals surface area contributed by atoms with Gasteiger partial charge in [-0.3, -0.25) is 4.99 Å². The van der Waals surface area contributed by atoms with Gasteiger partial charge in [-0.15, -0.1) is 0 Å². The number of nitrogens with zero attached hydrogens (tertiary/aromatic N) is 1. The molecule has 1 N–H and O–H groups in total. The van der Waals surface area contributed by atoms with Gasteiger partial charge in [0.25, 0.3) is 0 Å². The lowest BCUT2D eigenvalue weighted by Gasteiger charge is -2.11. The number of benzene rings is 2. The second-order valence-corrected chi connectivity index (χ2v) is 6.43. The molecule has 1 heterocycles. The Kier molecular flexibility index (Phi) is 4.08. The summed E-state index contributed by atoms with van der Waals surface area (Å²) < 4.78 is 14.5. The van der Waals surface area contributed by atoms with Crippen LogP contribution in [0.1, 0.15) is 10.8 Å².